The zero-order valence-corrected chi connectivity index (χ0v) is 15.0. The number of likely N-dealkylation sites (N-methyl/N-ethyl adjacent to an activating group) is 1. The van der Waals surface area contributed by atoms with Crippen LogP contribution in [0.15, 0.2) is 30.0 Å². The van der Waals surface area contributed by atoms with Gasteiger partial charge in [0.2, 0.25) is 0 Å². The molecule has 3 heterocycles. The fourth-order valence-electron chi connectivity index (χ4n) is 1.82. The molecule has 0 aromatic carbocycles. The topological polar surface area (TPSA) is 77.9 Å². The number of hydrogen-bond acceptors (Lipinski definition) is 7. The Morgan fingerprint density at radius 3 is 2.78 bits per heavy atom. The van der Waals surface area contributed by atoms with Gasteiger partial charge >= 0.3 is 0 Å². The average molecular weight is 372 g/mol. The summed E-state index contributed by atoms with van der Waals surface area (Å²) in [6.45, 7) is 4.68. The van der Waals surface area contributed by atoms with Crippen molar-refractivity contribution in [2.45, 2.75) is 13.5 Å². The predicted octanol–water partition coefficient (Wildman–Crippen LogP) is 3.14. The maximum Gasteiger partial charge on any atom is 0.0935 e. The summed E-state index contributed by atoms with van der Waals surface area (Å²) < 4.78 is 4.57. The summed E-state index contributed by atoms with van der Waals surface area (Å²) in [5.41, 5.74) is 2.00. The molecule has 0 aliphatic rings. The highest BCUT2D eigenvalue weighted by Gasteiger charge is 2.04. The molecular formula is C14H18ClN5OS2. The van der Waals surface area contributed by atoms with Gasteiger partial charge in [-0.2, -0.15) is 0 Å². The molecule has 0 unspecified atom stereocenters. The summed E-state index contributed by atoms with van der Waals surface area (Å²) in [6, 6.07) is 3.85. The lowest BCUT2D eigenvalue weighted by atomic mass is 10.4. The number of nitrogens with zero attached hydrogens (tertiary/aromatic N) is 4. The van der Waals surface area contributed by atoms with Crippen LogP contribution in [-0.4, -0.2) is 49.3 Å². The van der Waals surface area contributed by atoms with Crippen molar-refractivity contribution in [3.8, 4) is 10.6 Å². The number of thiophene rings is 1. The van der Waals surface area contributed by atoms with Gasteiger partial charge in [-0.1, -0.05) is 23.0 Å². The van der Waals surface area contributed by atoms with E-state index in [9.17, 15) is 0 Å². The largest absolute Gasteiger partial charge is 0.395 e. The number of H-pyrrole nitrogens is 1. The Bertz CT molecular complexity index is 657. The molecule has 0 spiro atoms. The molecule has 0 aliphatic carbocycles. The van der Waals surface area contributed by atoms with Gasteiger partial charge in [-0.3, -0.25) is 4.90 Å². The Hall–Kier alpha value is -1.32. The van der Waals surface area contributed by atoms with Gasteiger partial charge in [-0.05, 0) is 30.2 Å². The second-order valence-corrected chi connectivity index (χ2v) is 6.88. The number of rotatable bonds is 6. The minimum Gasteiger partial charge on any atom is -0.395 e. The molecule has 3 aromatic rings. The monoisotopic (exact) mass is 371 g/mol. The molecule has 0 aliphatic heterocycles. The van der Waals surface area contributed by atoms with E-state index < -0.39 is 0 Å². The fourth-order valence-corrected chi connectivity index (χ4v) is 3.28. The Balaban J connectivity index is 0.000000167. The smallest absolute Gasteiger partial charge is 0.0935 e. The molecule has 23 heavy (non-hydrogen) atoms. The molecule has 0 bridgehead atoms. The third-order valence-corrected chi connectivity index (χ3v) is 4.81. The molecule has 9 heteroatoms. The van der Waals surface area contributed by atoms with Gasteiger partial charge < -0.3 is 10.1 Å². The van der Waals surface area contributed by atoms with E-state index in [1.807, 2.05) is 17.5 Å². The molecule has 0 fully saturated rings. The van der Waals surface area contributed by atoms with Crippen LogP contribution < -0.4 is 0 Å². The van der Waals surface area contributed by atoms with Gasteiger partial charge in [0, 0.05) is 18.5 Å². The highest BCUT2D eigenvalue weighted by Crippen LogP contribution is 2.28. The number of aliphatic hydroxyl groups excluding tert-OH is 1. The summed E-state index contributed by atoms with van der Waals surface area (Å²) >= 11 is 8.66. The molecule has 0 radical (unpaired) electrons. The van der Waals surface area contributed by atoms with Crippen molar-refractivity contribution < 1.29 is 5.11 Å². The number of hydrogen-bond donors (Lipinski definition) is 2. The van der Waals surface area contributed by atoms with Gasteiger partial charge in [0.1, 0.15) is 0 Å². The van der Waals surface area contributed by atoms with Crippen molar-refractivity contribution in [2.24, 2.45) is 0 Å². The van der Waals surface area contributed by atoms with Crippen molar-refractivity contribution >= 4 is 34.5 Å². The minimum absolute atomic E-state index is 0.200. The lowest BCUT2D eigenvalue weighted by Crippen LogP contribution is -2.26. The van der Waals surface area contributed by atoms with Crippen LogP contribution in [0.1, 0.15) is 12.6 Å². The van der Waals surface area contributed by atoms with Crippen LogP contribution in [0.25, 0.3) is 10.6 Å². The van der Waals surface area contributed by atoms with E-state index >= 15 is 0 Å². The van der Waals surface area contributed by atoms with E-state index in [0.717, 1.165) is 33.7 Å². The SMILES string of the molecule is CCN(CCO)Cc1csnn1.Clc1ccc(-c2cnc[nH]2)s1. The summed E-state index contributed by atoms with van der Waals surface area (Å²) in [6.07, 6.45) is 3.44. The van der Waals surface area contributed by atoms with Crippen molar-refractivity contribution in [1.29, 1.82) is 0 Å². The molecule has 6 nitrogen and oxygen atoms in total. The van der Waals surface area contributed by atoms with Crippen molar-refractivity contribution in [1.82, 2.24) is 24.5 Å². The first kappa shape index (κ1) is 18.0. The van der Waals surface area contributed by atoms with Crippen molar-refractivity contribution in [2.75, 3.05) is 19.7 Å². The van der Waals surface area contributed by atoms with Crippen molar-refractivity contribution in [3.05, 3.63) is 40.1 Å². The molecule has 3 rings (SSSR count). The first-order valence-electron chi connectivity index (χ1n) is 7.06. The van der Waals surface area contributed by atoms with E-state index in [1.54, 1.807) is 12.5 Å². The second kappa shape index (κ2) is 9.74. The molecule has 0 atom stereocenters. The highest BCUT2D eigenvalue weighted by molar-refractivity contribution is 7.19. The first-order valence-corrected chi connectivity index (χ1v) is 9.09. The van der Waals surface area contributed by atoms with Gasteiger partial charge in [0.05, 0.1) is 39.7 Å². The number of aromatic amines is 1. The molecule has 0 amide bonds. The summed E-state index contributed by atoms with van der Waals surface area (Å²) in [5.74, 6) is 0. The number of nitrogens with one attached hydrogen (secondary N) is 1. The van der Waals surface area contributed by atoms with E-state index in [4.69, 9.17) is 16.7 Å². The van der Waals surface area contributed by atoms with Crippen LogP contribution in [0, 0.1) is 0 Å². The molecule has 2 N–H and O–H groups in total. The second-order valence-electron chi connectivity index (χ2n) is 4.56. The third kappa shape index (κ3) is 6.00. The number of aliphatic hydroxyl groups is 1. The molecule has 124 valence electrons. The number of imidazole rings is 1. The zero-order chi connectivity index (χ0) is 16.5. The van der Waals surface area contributed by atoms with Crippen LogP contribution in [-0.2, 0) is 6.54 Å². The summed E-state index contributed by atoms with van der Waals surface area (Å²) in [7, 11) is 0. The molecule has 0 saturated heterocycles. The molecular weight excluding hydrogens is 354 g/mol. The van der Waals surface area contributed by atoms with Crippen LogP contribution in [0.5, 0.6) is 0 Å². The lowest BCUT2D eigenvalue weighted by molar-refractivity contribution is 0.195. The summed E-state index contributed by atoms with van der Waals surface area (Å²) in [4.78, 5) is 10.2. The zero-order valence-electron chi connectivity index (χ0n) is 12.6. The van der Waals surface area contributed by atoms with Gasteiger partial charge in [0.25, 0.3) is 0 Å². The average Bonchev–Trinajstić information content (AvgIpc) is 3.29. The van der Waals surface area contributed by atoms with E-state index in [0.29, 0.717) is 6.54 Å². The maximum absolute atomic E-state index is 8.72. The Kier molecular flexibility index (Phi) is 7.63. The Morgan fingerprint density at radius 1 is 1.39 bits per heavy atom. The highest BCUT2D eigenvalue weighted by atomic mass is 35.5. The standard InChI is InChI=1S/C7H5ClN2S.C7H13N3OS/c8-7-2-1-6(11-7)5-3-9-4-10-5;1-2-10(3-4-11)5-7-6-12-9-8-7/h1-4H,(H,9,10);6,11H,2-5H2,1H3. The Morgan fingerprint density at radius 2 is 2.26 bits per heavy atom. The van der Waals surface area contributed by atoms with Crippen LogP contribution in [0.4, 0.5) is 0 Å². The van der Waals surface area contributed by atoms with Crippen LogP contribution >= 0.6 is 34.5 Å². The predicted molar refractivity (Wildman–Crippen MR) is 94.9 cm³/mol. The normalized spacial score (nSPS) is 10.6. The number of halogens is 1. The molecule has 3 aromatic heterocycles. The minimum atomic E-state index is 0.200. The molecule has 0 saturated carbocycles. The summed E-state index contributed by atoms with van der Waals surface area (Å²) in [5, 5.41) is 14.6. The lowest BCUT2D eigenvalue weighted by Gasteiger charge is -2.16. The van der Waals surface area contributed by atoms with Gasteiger partial charge in [-0.25, -0.2) is 4.98 Å². The quantitative estimate of drug-likeness (QED) is 0.696. The van der Waals surface area contributed by atoms with Crippen LogP contribution in [0.3, 0.4) is 0 Å². The third-order valence-electron chi connectivity index (χ3n) is 2.99. The maximum atomic E-state index is 8.72. The van der Waals surface area contributed by atoms with Crippen LogP contribution in [0.2, 0.25) is 4.34 Å². The van der Waals surface area contributed by atoms with Crippen molar-refractivity contribution in [3.63, 3.8) is 0 Å². The fraction of sp³-hybridized carbons (Fsp3) is 0.357. The number of aromatic nitrogens is 4. The van der Waals surface area contributed by atoms with E-state index in [2.05, 4.69) is 31.4 Å². The van der Waals surface area contributed by atoms with Gasteiger partial charge in [0.15, 0.2) is 0 Å². The van der Waals surface area contributed by atoms with E-state index in [-0.39, 0.29) is 6.61 Å². The first-order chi connectivity index (χ1) is 11.2. The van der Waals surface area contributed by atoms with E-state index in [1.165, 1.54) is 22.9 Å². The Labute approximate surface area is 147 Å². The van der Waals surface area contributed by atoms with Gasteiger partial charge in [-0.15, -0.1) is 16.4 Å².